The van der Waals surface area contributed by atoms with E-state index in [-0.39, 0.29) is 19.9 Å². The Labute approximate surface area is 205 Å². The van der Waals surface area contributed by atoms with Gasteiger partial charge in [-0.25, -0.2) is 0 Å². The summed E-state index contributed by atoms with van der Waals surface area (Å²) in [5.74, 6) is 0. The van der Waals surface area contributed by atoms with Crippen LogP contribution in [0.1, 0.15) is 0 Å². The van der Waals surface area contributed by atoms with Gasteiger partial charge in [0.15, 0.2) is 0 Å². The van der Waals surface area contributed by atoms with E-state index >= 15 is 0 Å². The fourth-order valence-corrected chi connectivity index (χ4v) is 7.99. The van der Waals surface area contributed by atoms with E-state index in [0.717, 1.165) is 5.39 Å². The van der Waals surface area contributed by atoms with E-state index in [1.54, 1.807) is 0 Å². The van der Waals surface area contributed by atoms with Gasteiger partial charge >= 0.3 is 206 Å². The number of fused-ring (bicyclic) bond motifs is 8. The van der Waals surface area contributed by atoms with E-state index in [9.17, 15) is 4.79 Å². The molecule has 0 atom stereocenters. The monoisotopic (exact) mass is 515 g/mol. The van der Waals surface area contributed by atoms with Crippen LogP contribution in [0.25, 0.3) is 68.7 Å². The van der Waals surface area contributed by atoms with Crippen molar-refractivity contribution < 1.29 is 4.42 Å². The summed E-state index contributed by atoms with van der Waals surface area (Å²) in [5.41, 5.74) is 4.97. The molecule has 0 aliphatic carbocycles. The van der Waals surface area contributed by atoms with Gasteiger partial charge in [-0.05, 0) is 0 Å². The number of hydrogen-bond donors (Lipinski definition) is 0. The normalized spacial score (nSPS) is 12.1. The molecule has 0 aliphatic heterocycles. The van der Waals surface area contributed by atoms with Crippen molar-refractivity contribution in [2.24, 2.45) is 0 Å². The van der Waals surface area contributed by atoms with Crippen LogP contribution in [0.5, 0.6) is 0 Å². The number of para-hydroxylation sites is 3. The van der Waals surface area contributed by atoms with Gasteiger partial charge in [0, 0.05) is 0 Å². The Morgan fingerprint density at radius 2 is 1.23 bits per heavy atom. The number of aromatic nitrogens is 1. The van der Waals surface area contributed by atoms with E-state index in [0.29, 0.717) is 21.9 Å². The van der Waals surface area contributed by atoms with Gasteiger partial charge in [-0.2, -0.15) is 0 Å². The molecular weight excluding hydrogens is 497 g/mol. The second kappa shape index (κ2) is 6.95. The molecular formula is C31H17NO2Se. The molecule has 8 rings (SSSR count). The molecule has 3 nitrogen and oxygen atoms in total. The molecule has 0 aliphatic rings. The molecule has 35 heavy (non-hydrogen) atoms. The first-order valence-corrected chi connectivity index (χ1v) is 13.3. The second-order valence-corrected chi connectivity index (χ2v) is 11.1. The van der Waals surface area contributed by atoms with Crippen molar-refractivity contribution in [1.29, 1.82) is 0 Å². The zero-order valence-electron chi connectivity index (χ0n) is 18.5. The Morgan fingerprint density at radius 3 is 2.00 bits per heavy atom. The Kier molecular flexibility index (Phi) is 3.82. The van der Waals surface area contributed by atoms with Crippen molar-refractivity contribution in [2.45, 2.75) is 0 Å². The Bertz CT molecular complexity index is 2140. The molecule has 0 N–H and O–H groups in total. The van der Waals surface area contributed by atoms with Crippen molar-refractivity contribution in [3.05, 3.63) is 113 Å². The third kappa shape index (κ3) is 2.58. The standard InChI is InChI=1S/C31H17NO2Se/c33-30-21-10-3-6-15-27(21)34-28-17-29-22(16-23(28)30)20-11-7-14-26(31(20)35-29)32-24-12-4-1-8-18(24)19-9-2-5-13-25(19)32/h1-17H. The minimum absolute atomic E-state index is 0.0316. The van der Waals surface area contributed by atoms with E-state index < -0.39 is 0 Å². The molecule has 0 radical (unpaired) electrons. The average molecular weight is 514 g/mol. The van der Waals surface area contributed by atoms with E-state index in [2.05, 4.69) is 77.4 Å². The molecule has 5 aromatic carbocycles. The van der Waals surface area contributed by atoms with Gasteiger partial charge in [0.25, 0.3) is 0 Å². The van der Waals surface area contributed by atoms with Crippen LogP contribution in [0.3, 0.4) is 0 Å². The predicted molar refractivity (Wildman–Crippen MR) is 146 cm³/mol. The van der Waals surface area contributed by atoms with Crippen molar-refractivity contribution >= 4 is 77.5 Å². The molecule has 0 fully saturated rings. The first-order chi connectivity index (χ1) is 17.3. The summed E-state index contributed by atoms with van der Waals surface area (Å²) in [5, 5.41) is 6.16. The van der Waals surface area contributed by atoms with Gasteiger partial charge in [0.2, 0.25) is 0 Å². The van der Waals surface area contributed by atoms with Crippen molar-refractivity contribution in [3.8, 4) is 5.69 Å². The van der Waals surface area contributed by atoms with E-state index in [1.165, 1.54) is 41.4 Å². The van der Waals surface area contributed by atoms with Crippen LogP contribution >= 0.6 is 0 Å². The maximum absolute atomic E-state index is 13.3. The number of rotatable bonds is 1. The Hall–Kier alpha value is -4.11. The average Bonchev–Trinajstić information content (AvgIpc) is 3.43. The second-order valence-electron chi connectivity index (χ2n) is 8.90. The molecule has 3 aromatic heterocycles. The summed E-state index contributed by atoms with van der Waals surface area (Å²) >= 11 is 0.0894. The number of hydrogen-bond acceptors (Lipinski definition) is 2. The number of benzene rings is 5. The zero-order valence-corrected chi connectivity index (χ0v) is 20.2. The molecule has 164 valence electrons. The number of nitrogens with zero attached hydrogens (tertiary/aromatic N) is 1. The first-order valence-electron chi connectivity index (χ1n) is 11.6. The summed E-state index contributed by atoms with van der Waals surface area (Å²) in [7, 11) is 0. The van der Waals surface area contributed by atoms with Crippen LogP contribution in [0.15, 0.2) is 112 Å². The zero-order chi connectivity index (χ0) is 23.1. The van der Waals surface area contributed by atoms with Gasteiger partial charge in [0.05, 0.1) is 0 Å². The van der Waals surface area contributed by atoms with Crippen LogP contribution in [-0.4, -0.2) is 19.1 Å². The molecule has 0 saturated heterocycles. The molecule has 0 unspecified atom stereocenters. The predicted octanol–water partition coefficient (Wildman–Crippen LogP) is 7.41. The molecule has 3 heterocycles. The summed E-state index contributed by atoms with van der Waals surface area (Å²) in [6.07, 6.45) is 0. The van der Waals surface area contributed by atoms with Gasteiger partial charge in [-0.15, -0.1) is 0 Å². The summed E-state index contributed by atoms with van der Waals surface area (Å²) in [6.45, 7) is 0. The van der Waals surface area contributed by atoms with Crippen LogP contribution < -0.4 is 5.43 Å². The van der Waals surface area contributed by atoms with Crippen molar-refractivity contribution in [1.82, 2.24) is 4.57 Å². The maximum atomic E-state index is 13.3. The SMILES string of the molecule is O=c1c2ccccc2oc2cc3[se]c4c(-n5c6ccccc6c6ccccc65)cccc4c3cc12. The topological polar surface area (TPSA) is 35.1 Å². The fraction of sp³-hybridized carbons (Fsp3) is 0. The van der Waals surface area contributed by atoms with Crippen LogP contribution in [0.2, 0.25) is 0 Å². The molecule has 0 amide bonds. The molecule has 0 saturated carbocycles. The summed E-state index contributed by atoms with van der Waals surface area (Å²) in [6, 6.07) is 35.4. The Balaban J connectivity index is 1.51. The summed E-state index contributed by atoms with van der Waals surface area (Å²) < 4.78 is 11.2. The fourth-order valence-electron chi connectivity index (χ4n) is 5.44. The van der Waals surface area contributed by atoms with Crippen LogP contribution in [0, 0.1) is 0 Å². The van der Waals surface area contributed by atoms with Crippen molar-refractivity contribution in [3.63, 3.8) is 0 Å². The molecule has 0 bridgehead atoms. The van der Waals surface area contributed by atoms with Gasteiger partial charge in [0.1, 0.15) is 0 Å². The van der Waals surface area contributed by atoms with E-state index in [1.807, 2.05) is 30.3 Å². The van der Waals surface area contributed by atoms with Crippen LogP contribution in [-0.2, 0) is 0 Å². The first kappa shape index (κ1) is 19.2. The third-order valence-corrected chi connectivity index (χ3v) is 9.49. The molecule has 0 spiro atoms. The van der Waals surface area contributed by atoms with Gasteiger partial charge in [-0.3, -0.25) is 0 Å². The molecule has 8 aromatic rings. The molecule has 4 heteroatoms. The van der Waals surface area contributed by atoms with E-state index in [4.69, 9.17) is 4.42 Å². The third-order valence-electron chi connectivity index (χ3n) is 7.00. The Morgan fingerprint density at radius 1 is 0.571 bits per heavy atom. The van der Waals surface area contributed by atoms with Crippen LogP contribution in [0.4, 0.5) is 0 Å². The quantitative estimate of drug-likeness (QED) is 0.169. The van der Waals surface area contributed by atoms with Crippen molar-refractivity contribution in [2.75, 3.05) is 0 Å². The summed E-state index contributed by atoms with van der Waals surface area (Å²) in [4.78, 5) is 13.3. The van der Waals surface area contributed by atoms with Gasteiger partial charge < -0.3 is 0 Å². The minimum atomic E-state index is 0.0316. The van der Waals surface area contributed by atoms with Gasteiger partial charge in [-0.1, -0.05) is 0 Å².